The van der Waals surface area contributed by atoms with Crippen LogP contribution in [0, 0.1) is 5.92 Å². The second kappa shape index (κ2) is 6.81. The summed E-state index contributed by atoms with van der Waals surface area (Å²) in [5.74, 6) is 1.42. The Labute approximate surface area is 126 Å². The topological polar surface area (TPSA) is 56.3 Å². The molecule has 1 spiro atoms. The maximum Gasteiger partial charge on any atom is 0.145 e. The lowest BCUT2D eigenvalue weighted by Gasteiger charge is -2.40. The van der Waals surface area contributed by atoms with Crippen LogP contribution < -0.4 is 5.32 Å². The first-order valence-electron chi connectivity index (χ1n) is 8.05. The Morgan fingerprint density at radius 1 is 1.38 bits per heavy atom. The summed E-state index contributed by atoms with van der Waals surface area (Å²) in [6.45, 7) is 5.54. The van der Waals surface area contributed by atoms with E-state index in [1.165, 1.54) is 0 Å². The van der Waals surface area contributed by atoms with Crippen molar-refractivity contribution in [2.24, 2.45) is 5.92 Å². The van der Waals surface area contributed by atoms with E-state index in [0.29, 0.717) is 5.92 Å². The summed E-state index contributed by atoms with van der Waals surface area (Å²) < 4.78 is 11.6. The molecule has 2 aliphatic heterocycles. The van der Waals surface area contributed by atoms with Gasteiger partial charge < -0.3 is 14.8 Å². The van der Waals surface area contributed by atoms with Gasteiger partial charge >= 0.3 is 0 Å². The summed E-state index contributed by atoms with van der Waals surface area (Å²) in [7, 11) is 0. The Bertz CT molecular complexity index is 434. The third kappa shape index (κ3) is 3.42. The Morgan fingerprint density at radius 3 is 2.95 bits per heavy atom. The number of hydrogen-bond donors (Lipinski definition) is 1. The molecule has 2 fully saturated rings. The molecule has 3 unspecified atom stereocenters. The van der Waals surface area contributed by atoms with Crippen LogP contribution in [0.3, 0.4) is 0 Å². The van der Waals surface area contributed by atoms with Gasteiger partial charge in [-0.2, -0.15) is 0 Å². The molecule has 1 N–H and O–H groups in total. The Kier molecular flexibility index (Phi) is 4.83. The van der Waals surface area contributed by atoms with Crippen LogP contribution in [0.4, 0.5) is 0 Å². The summed E-state index contributed by atoms with van der Waals surface area (Å²) >= 11 is 0. The van der Waals surface area contributed by atoms with Gasteiger partial charge in [0.1, 0.15) is 5.82 Å². The average Bonchev–Trinajstić information content (AvgIpc) is 2.97. The molecule has 0 bridgehead atoms. The van der Waals surface area contributed by atoms with E-state index in [1.54, 1.807) is 0 Å². The first-order chi connectivity index (χ1) is 10.3. The fourth-order valence-corrected chi connectivity index (χ4v) is 3.45. The van der Waals surface area contributed by atoms with Crippen LogP contribution in [0.5, 0.6) is 0 Å². The molecule has 3 heterocycles. The number of hydrogen-bond acceptors (Lipinski definition) is 5. The molecule has 5 nitrogen and oxygen atoms in total. The van der Waals surface area contributed by atoms with Crippen molar-refractivity contribution >= 4 is 0 Å². The molecule has 3 atom stereocenters. The van der Waals surface area contributed by atoms with E-state index < -0.39 is 0 Å². The highest BCUT2D eigenvalue weighted by Gasteiger charge is 2.43. The van der Waals surface area contributed by atoms with Gasteiger partial charge in [-0.15, -0.1) is 0 Å². The fourth-order valence-electron chi connectivity index (χ4n) is 3.45. The van der Waals surface area contributed by atoms with Crippen molar-refractivity contribution in [3.8, 4) is 0 Å². The van der Waals surface area contributed by atoms with E-state index in [2.05, 4.69) is 22.2 Å². The number of nitrogens with zero attached hydrogens (tertiary/aromatic N) is 2. The number of aromatic nitrogens is 2. The zero-order valence-corrected chi connectivity index (χ0v) is 12.8. The quantitative estimate of drug-likeness (QED) is 0.900. The monoisotopic (exact) mass is 291 g/mol. The Balaban J connectivity index is 1.75. The smallest absolute Gasteiger partial charge is 0.145 e. The van der Waals surface area contributed by atoms with Gasteiger partial charge in [0.2, 0.25) is 0 Å². The minimum Gasteiger partial charge on any atom is -0.378 e. The molecule has 0 saturated carbocycles. The molecular formula is C16H25N3O2. The van der Waals surface area contributed by atoms with Crippen molar-refractivity contribution < 1.29 is 9.47 Å². The second-order valence-corrected chi connectivity index (χ2v) is 6.13. The van der Waals surface area contributed by atoms with Crippen LogP contribution in [0.1, 0.15) is 44.5 Å². The first-order valence-corrected chi connectivity index (χ1v) is 8.05. The van der Waals surface area contributed by atoms with Crippen LogP contribution >= 0.6 is 0 Å². The van der Waals surface area contributed by atoms with Crippen molar-refractivity contribution in [2.75, 3.05) is 26.4 Å². The maximum atomic E-state index is 6.05. The van der Waals surface area contributed by atoms with Crippen LogP contribution in [-0.4, -0.2) is 41.9 Å². The van der Waals surface area contributed by atoms with Gasteiger partial charge in [-0.1, -0.05) is 6.92 Å². The van der Waals surface area contributed by atoms with Gasteiger partial charge in [-0.3, -0.25) is 0 Å². The van der Waals surface area contributed by atoms with E-state index in [0.717, 1.165) is 57.9 Å². The van der Waals surface area contributed by atoms with Gasteiger partial charge in [0.15, 0.2) is 0 Å². The molecule has 1 aromatic heterocycles. The van der Waals surface area contributed by atoms with Gasteiger partial charge in [0.05, 0.1) is 18.2 Å². The molecule has 0 aromatic carbocycles. The van der Waals surface area contributed by atoms with Gasteiger partial charge in [-0.05, 0) is 37.8 Å². The highest BCUT2D eigenvalue weighted by Crippen LogP contribution is 2.40. The fraction of sp³-hybridized carbons (Fsp3) is 0.750. The normalized spacial score (nSPS) is 30.6. The summed E-state index contributed by atoms with van der Waals surface area (Å²) in [5, 5.41) is 3.64. The zero-order chi connectivity index (χ0) is 14.5. The third-order valence-electron chi connectivity index (χ3n) is 4.55. The van der Waals surface area contributed by atoms with Crippen LogP contribution in [0.2, 0.25) is 0 Å². The first kappa shape index (κ1) is 14.9. The van der Waals surface area contributed by atoms with E-state index in [-0.39, 0.29) is 11.6 Å². The predicted molar refractivity (Wildman–Crippen MR) is 79.9 cm³/mol. The molecule has 116 valence electrons. The van der Waals surface area contributed by atoms with Crippen molar-refractivity contribution in [3.63, 3.8) is 0 Å². The molecule has 5 heteroatoms. The van der Waals surface area contributed by atoms with Gasteiger partial charge in [0, 0.05) is 32.0 Å². The number of ether oxygens (including phenoxy) is 2. The summed E-state index contributed by atoms with van der Waals surface area (Å²) in [6, 6.07) is 2.09. The average molecular weight is 291 g/mol. The second-order valence-electron chi connectivity index (χ2n) is 6.13. The van der Waals surface area contributed by atoms with E-state index in [4.69, 9.17) is 9.47 Å². The molecule has 3 rings (SSSR count). The molecule has 0 radical (unpaired) electrons. The van der Waals surface area contributed by atoms with E-state index >= 15 is 0 Å². The number of nitrogens with one attached hydrogen (secondary N) is 1. The largest absolute Gasteiger partial charge is 0.378 e. The minimum absolute atomic E-state index is 0.0656. The van der Waals surface area contributed by atoms with Crippen molar-refractivity contribution in [1.82, 2.24) is 15.3 Å². The Morgan fingerprint density at radius 2 is 2.24 bits per heavy atom. The van der Waals surface area contributed by atoms with Crippen LogP contribution in [-0.2, 0) is 9.47 Å². The number of rotatable bonds is 5. The lowest BCUT2D eigenvalue weighted by Crippen LogP contribution is -2.44. The highest BCUT2D eigenvalue weighted by molar-refractivity contribution is 5.02. The van der Waals surface area contributed by atoms with Crippen molar-refractivity contribution in [2.45, 2.75) is 44.2 Å². The van der Waals surface area contributed by atoms with Crippen LogP contribution in [0.15, 0.2) is 18.5 Å². The third-order valence-corrected chi connectivity index (χ3v) is 4.55. The van der Waals surface area contributed by atoms with E-state index in [1.807, 2.05) is 18.5 Å². The predicted octanol–water partition coefficient (Wildman–Crippen LogP) is 2.10. The Hall–Kier alpha value is -1.04. The van der Waals surface area contributed by atoms with E-state index in [9.17, 15) is 0 Å². The molecular weight excluding hydrogens is 266 g/mol. The maximum absolute atomic E-state index is 6.05. The highest BCUT2D eigenvalue weighted by atomic mass is 16.6. The van der Waals surface area contributed by atoms with Gasteiger partial charge in [-0.25, -0.2) is 9.97 Å². The van der Waals surface area contributed by atoms with Crippen LogP contribution in [0.25, 0.3) is 0 Å². The molecule has 21 heavy (non-hydrogen) atoms. The lowest BCUT2D eigenvalue weighted by molar-refractivity contribution is -0.103. The standard InChI is InChI=1S/C16H25N3O2/c1-2-6-17-14(15-18-7-3-8-19-15)13-4-9-21-16(11-13)5-10-20-12-16/h3,7-8,13-14,17H,2,4-6,9-12H2,1H3. The molecule has 0 amide bonds. The molecule has 1 aromatic rings. The molecule has 0 aliphatic carbocycles. The van der Waals surface area contributed by atoms with Crippen molar-refractivity contribution in [1.29, 1.82) is 0 Å². The lowest BCUT2D eigenvalue weighted by atomic mass is 9.80. The SMILES string of the molecule is CCCNC(c1ncccn1)C1CCOC2(CCOC2)C1. The summed E-state index contributed by atoms with van der Waals surface area (Å²) in [5.41, 5.74) is -0.0656. The summed E-state index contributed by atoms with van der Waals surface area (Å²) in [4.78, 5) is 8.95. The van der Waals surface area contributed by atoms with Crippen molar-refractivity contribution in [3.05, 3.63) is 24.3 Å². The van der Waals surface area contributed by atoms with Gasteiger partial charge in [0.25, 0.3) is 0 Å². The summed E-state index contributed by atoms with van der Waals surface area (Å²) in [6.07, 6.45) is 7.88. The minimum atomic E-state index is -0.0656. The molecule has 2 saturated heterocycles. The zero-order valence-electron chi connectivity index (χ0n) is 12.8. The molecule has 2 aliphatic rings.